The monoisotopic (exact) mass is 399 g/mol. The number of amides is 1. The van der Waals surface area contributed by atoms with E-state index < -0.39 is 0 Å². The lowest BCUT2D eigenvalue weighted by Gasteiger charge is -2.33. The van der Waals surface area contributed by atoms with Gasteiger partial charge in [-0.25, -0.2) is 4.99 Å². The number of piperidine rings is 1. The molecule has 1 heterocycles. The van der Waals surface area contributed by atoms with E-state index in [9.17, 15) is 4.79 Å². The number of likely N-dealkylation sites (tertiary alicyclic amines) is 1. The van der Waals surface area contributed by atoms with Crippen molar-refractivity contribution in [3.8, 4) is 0 Å². The number of rotatable bonds is 9. The molecule has 1 aliphatic carbocycles. The molecule has 1 amide bonds. The van der Waals surface area contributed by atoms with Crippen LogP contribution in [0.25, 0.3) is 0 Å². The van der Waals surface area contributed by atoms with Crippen LogP contribution in [0.2, 0.25) is 0 Å². The van der Waals surface area contributed by atoms with Gasteiger partial charge in [-0.15, -0.1) is 0 Å². The minimum Gasteiger partial charge on any atom is -0.357 e. The highest BCUT2D eigenvalue weighted by molar-refractivity contribution is 5.81. The van der Waals surface area contributed by atoms with E-state index in [0.29, 0.717) is 25.7 Å². The molecular formula is C23H37N5O. The van der Waals surface area contributed by atoms with Crippen LogP contribution in [0.3, 0.4) is 0 Å². The summed E-state index contributed by atoms with van der Waals surface area (Å²) in [5, 5.41) is 9.61. The summed E-state index contributed by atoms with van der Waals surface area (Å²) < 4.78 is 0. The first-order valence-electron chi connectivity index (χ1n) is 11.3. The van der Waals surface area contributed by atoms with Crippen molar-refractivity contribution in [1.82, 2.24) is 20.9 Å². The summed E-state index contributed by atoms with van der Waals surface area (Å²) in [5.74, 6) is 1.25. The van der Waals surface area contributed by atoms with Gasteiger partial charge in [0.25, 0.3) is 0 Å². The standard InChI is InChI=1S/C23H37N5O/c1-3-24-23(26-14-13-25-22(29)19-11-12-19)27-16-20-9-4-5-10-21(20)17-28-15-7-6-8-18(28)2/h4-5,9-10,18-19H,3,6-8,11-17H2,1-2H3,(H,25,29)(H2,24,26,27). The Hall–Kier alpha value is -2.08. The molecule has 2 fully saturated rings. The molecule has 0 aromatic heterocycles. The molecule has 0 spiro atoms. The Bertz CT molecular complexity index is 686. The Kier molecular flexibility index (Phi) is 8.35. The number of guanidine groups is 1. The Morgan fingerprint density at radius 2 is 1.83 bits per heavy atom. The molecule has 29 heavy (non-hydrogen) atoms. The third kappa shape index (κ3) is 7.03. The maximum Gasteiger partial charge on any atom is 0.223 e. The van der Waals surface area contributed by atoms with E-state index in [4.69, 9.17) is 4.99 Å². The fourth-order valence-electron chi connectivity index (χ4n) is 3.84. The fourth-order valence-corrected chi connectivity index (χ4v) is 3.84. The summed E-state index contributed by atoms with van der Waals surface area (Å²) in [6, 6.07) is 9.31. The molecule has 0 radical (unpaired) electrons. The molecule has 3 rings (SSSR count). The fraction of sp³-hybridized carbons (Fsp3) is 0.652. The van der Waals surface area contributed by atoms with E-state index in [-0.39, 0.29) is 11.8 Å². The summed E-state index contributed by atoms with van der Waals surface area (Å²) in [4.78, 5) is 19.1. The molecule has 0 bridgehead atoms. The lowest BCUT2D eigenvalue weighted by molar-refractivity contribution is -0.122. The van der Waals surface area contributed by atoms with Crippen molar-refractivity contribution in [2.45, 2.75) is 65.1 Å². The van der Waals surface area contributed by atoms with Crippen LogP contribution < -0.4 is 16.0 Å². The van der Waals surface area contributed by atoms with E-state index in [1.165, 1.54) is 36.9 Å². The van der Waals surface area contributed by atoms with Crippen LogP contribution in [0.1, 0.15) is 57.1 Å². The van der Waals surface area contributed by atoms with Crippen molar-refractivity contribution in [2.75, 3.05) is 26.2 Å². The number of benzene rings is 1. The van der Waals surface area contributed by atoms with Gasteiger partial charge in [-0.3, -0.25) is 9.69 Å². The lowest BCUT2D eigenvalue weighted by Crippen LogP contribution is -2.41. The molecule has 2 aliphatic rings. The summed E-state index contributed by atoms with van der Waals surface area (Å²) in [6.07, 6.45) is 6.03. The van der Waals surface area contributed by atoms with Gasteiger partial charge in [-0.05, 0) is 57.2 Å². The summed E-state index contributed by atoms with van der Waals surface area (Å²) in [7, 11) is 0. The first-order valence-corrected chi connectivity index (χ1v) is 11.3. The van der Waals surface area contributed by atoms with Crippen molar-refractivity contribution < 1.29 is 4.79 Å². The molecule has 1 saturated carbocycles. The molecule has 1 atom stereocenters. The first kappa shape index (κ1) is 21.6. The third-order valence-electron chi connectivity index (χ3n) is 5.85. The molecular weight excluding hydrogens is 362 g/mol. The second-order valence-electron chi connectivity index (χ2n) is 8.27. The zero-order valence-electron chi connectivity index (χ0n) is 18.0. The Morgan fingerprint density at radius 1 is 1.07 bits per heavy atom. The Balaban J connectivity index is 1.53. The van der Waals surface area contributed by atoms with Gasteiger partial charge in [0.1, 0.15) is 0 Å². The summed E-state index contributed by atoms with van der Waals surface area (Å²) in [6.45, 7) is 9.38. The van der Waals surface area contributed by atoms with Crippen LogP contribution in [0.15, 0.2) is 29.3 Å². The number of nitrogens with one attached hydrogen (secondary N) is 3. The maximum absolute atomic E-state index is 11.7. The molecule has 1 aromatic rings. The number of nitrogens with zero attached hydrogens (tertiary/aromatic N) is 2. The molecule has 6 nitrogen and oxygen atoms in total. The van der Waals surface area contributed by atoms with E-state index in [1.54, 1.807) is 0 Å². The normalized spacial score (nSPS) is 20.3. The number of carbonyl (C=O) groups excluding carboxylic acids is 1. The van der Waals surface area contributed by atoms with Gasteiger partial charge in [-0.2, -0.15) is 0 Å². The first-order chi connectivity index (χ1) is 14.2. The van der Waals surface area contributed by atoms with Crippen LogP contribution in [0, 0.1) is 5.92 Å². The molecule has 3 N–H and O–H groups in total. The quantitative estimate of drug-likeness (QED) is 0.339. The van der Waals surface area contributed by atoms with Gasteiger partial charge in [0.15, 0.2) is 5.96 Å². The van der Waals surface area contributed by atoms with Crippen molar-refractivity contribution in [2.24, 2.45) is 10.9 Å². The van der Waals surface area contributed by atoms with Crippen LogP contribution in [0.4, 0.5) is 0 Å². The molecule has 1 unspecified atom stereocenters. The third-order valence-corrected chi connectivity index (χ3v) is 5.85. The lowest BCUT2D eigenvalue weighted by atomic mass is 10.0. The van der Waals surface area contributed by atoms with Gasteiger partial charge < -0.3 is 16.0 Å². The molecule has 1 saturated heterocycles. The maximum atomic E-state index is 11.7. The summed E-state index contributed by atoms with van der Waals surface area (Å²) >= 11 is 0. The average molecular weight is 400 g/mol. The molecule has 160 valence electrons. The van der Waals surface area contributed by atoms with Crippen LogP contribution >= 0.6 is 0 Å². The van der Waals surface area contributed by atoms with Gasteiger partial charge in [0.05, 0.1) is 6.54 Å². The molecule has 1 aliphatic heterocycles. The SMILES string of the molecule is CCNC(=NCc1ccccc1CN1CCCCC1C)NCCNC(=O)C1CC1. The predicted octanol–water partition coefficient (Wildman–Crippen LogP) is 2.64. The van der Waals surface area contributed by atoms with Crippen molar-refractivity contribution in [1.29, 1.82) is 0 Å². The van der Waals surface area contributed by atoms with E-state index in [1.807, 2.05) is 0 Å². The second-order valence-corrected chi connectivity index (χ2v) is 8.27. The highest BCUT2D eigenvalue weighted by atomic mass is 16.2. The summed E-state index contributed by atoms with van der Waals surface area (Å²) in [5.41, 5.74) is 2.65. The number of carbonyl (C=O) groups is 1. The number of hydrogen-bond donors (Lipinski definition) is 3. The minimum atomic E-state index is 0.189. The van der Waals surface area contributed by atoms with Gasteiger partial charge in [-0.1, -0.05) is 30.7 Å². The Morgan fingerprint density at radius 3 is 2.55 bits per heavy atom. The van der Waals surface area contributed by atoms with E-state index >= 15 is 0 Å². The van der Waals surface area contributed by atoms with Gasteiger partial charge in [0, 0.05) is 38.1 Å². The second kappa shape index (κ2) is 11.2. The van der Waals surface area contributed by atoms with Gasteiger partial charge >= 0.3 is 0 Å². The average Bonchev–Trinajstić information content (AvgIpc) is 3.57. The number of aliphatic imine (C=N–C) groups is 1. The largest absolute Gasteiger partial charge is 0.357 e. The van der Waals surface area contributed by atoms with E-state index in [2.05, 4.69) is 59.0 Å². The minimum absolute atomic E-state index is 0.189. The highest BCUT2D eigenvalue weighted by Crippen LogP contribution is 2.28. The van der Waals surface area contributed by atoms with Gasteiger partial charge in [0.2, 0.25) is 5.91 Å². The smallest absolute Gasteiger partial charge is 0.223 e. The predicted molar refractivity (Wildman–Crippen MR) is 119 cm³/mol. The highest BCUT2D eigenvalue weighted by Gasteiger charge is 2.29. The number of hydrogen-bond acceptors (Lipinski definition) is 3. The van der Waals surface area contributed by atoms with Crippen molar-refractivity contribution in [3.05, 3.63) is 35.4 Å². The molecule has 6 heteroatoms. The van der Waals surface area contributed by atoms with Crippen LogP contribution in [-0.2, 0) is 17.9 Å². The molecule has 1 aromatic carbocycles. The van der Waals surface area contributed by atoms with Crippen LogP contribution in [0.5, 0.6) is 0 Å². The topological polar surface area (TPSA) is 68.8 Å². The van der Waals surface area contributed by atoms with Crippen LogP contribution in [-0.4, -0.2) is 49.0 Å². The zero-order chi connectivity index (χ0) is 20.5. The Labute approximate surface area is 175 Å². The van der Waals surface area contributed by atoms with Crippen molar-refractivity contribution >= 4 is 11.9 Å². The van der Waals surface area contributed by atoms with Crippen molar-refractivity contribution in [3.63, 3.8) is 0 Å². The van der Waals surface area contributed by atoms with E-state index in [0.717, 1.165) is 31.9 Å². The zero-order valence-corrected chi connectivity index (χ0v) is 18.0.